The molecule has 19 heavy (non-hydrogen) atoms. The van der Waals surface area contributed by atoms with E-state index in [1.54, 1.807) is 0 Å². The molecule has 2 aliphatic rings. The summed E-state index contributed by atoms with van der Waals surface area (Å²) in [5, 5.41) is 10.5. The fourth-order valence-electron chi connectivity index (χ4n) is 3.46. The normalized spacial score (nSPS) is 35.7. The number of amides is 1. The predicted octanol–water partition coefficient (Wildman–Crippen LogP) is 2.94. The summed E-state index contributed by atoms with van der Waals surface area (Å²) in [4.78, 5) is 14.2. The molecule has 4 nitrogen and oxygen atoms in total. The van der Waals surface area contributed by atoms with E-state index in [0.29, 0.717) is 13.0 Å². The Kier molecular flexibility index (Phi) is 3.83. The predicted molar refractivity (Wildman–Crippen MR) is 73.9 cm³/mol. The first-order valence-corrected chi connectivity index (χ1v) is 7.43. The van der Waals surface area contributed by atoms with Crippen LogP contribution in [0.2, 0.25) is 0 Å². The smallest absolute Gasteiger partial charge is 0.410 e. The average Bonchev–Trinajstić information content (AvgIpc) is 2.26. The van der Waals surface area contributed by atoms with E-state index in [2.05, 4.69) is 0 Å². The molecule has 1 N–H and O–H groups in total. The van der Waals surface area contributed by atoms with Gasteiger partial charge in [-0.05, 0) is 47.0 Å². The molecule has 3 unspecified atom stereocenters. The van der Waals surface area contributed by atoms with Gasteiger partial charge in [0.25, 0.3) is 0 Å². The maximum atomic E-state index is 12.3. The highest BCUT2D eigenvalue weighted by atomic mass is 16.6. The monoisotopic (exact) mass is 269 g/mol. The summed E-state index contributed by atoms with van der Waals surface area (Å²) in [6.07, 6.45) is 4.71. The summed E-state index contributed by atoms with van der Waals surface area (Å²) < 4.78 is 5.50. The Bertz CT molecular complexity index is 346. The third-order valence-electron chi connectivity index (χ3n) is 4.42. The minimum Gasteiger partial charge on any atom is -0.444 e. The van der Waals surface area contributed by atoms with Crippen LogP contribution in [-0.2, 0) is 4.74 Å². The Morgan fingerprint density at radius 2 is 1.95 bits per heavy atom. The van der Waals surface area contributed by atoms with E-state index >= 15 is 0 Å². The average molecular weight is 269 g/mol. The van der Waals surface area contributed by atoms with Gasteiger partial charge in [0.2, 0.25) is 0 Å². The maximum Gasteiger partial charge on any atom is 0.410 e. The number of likely N-dealkylation sites (tertiary alicyclic amines) is 1. The second-order valence-corrected chi connectivity index (χ2v) is 7.24. The zero-order valence-corrected chi connectivity index (χ0v) is 12.6. The van der Waals surface area contributed by atoms with Gasteiger partial charge < -0.3 is 14.7 Å². The fraction of sp³-hybridized carbons (Fsp3) is 0.933. The van der Waals surface area contributed by atoms with Gasteiger partial charge in [-0.25, -0.2) is 4.79 Å². The van der Waals surface area contributed by atoms with Crippen LogP contribution in [0, 0.1) is 5.92 Å². The van der Waals surface area contributed by atoms with Crippen molar-refractivity contribution in [3.05, 3.63) is 0 Å². The zero-order valence-electron chi connectivity index (χ0n) is 12.6. The van der Waals surface area contributed by atoms with Crippen LogP contribution in [0.25, 0.3) is 0 Å². The van der Waals surface area contributed by atoms with E-state index in [0.717, 1.165) is 25.7 Å². The number of fused-ring (bicyclic) bond motifs is 1. The lowest BCUT2D eigenvalue weighted by atomic mass is 9.70. The lowest BCUT2D eigenvalue weighted by molar-refractivity contribution is -0.102. The standard InChI is InChI=1S/C15H27NO3/c1-14(2,3)19-13(17)16-10-9-15(4,18)11-7-5-6-8-12(11)16/h11-12,18H,5-10H2,1-4H3. The van der Waals surface area contributed by atoms with Crippen LogP contribution in [0.1, 0.15) is 59.8 Å². The van der Waals surface area contributed by atoms with E-state index in [4.69, 9.17) is 4.74 Å². The quantitative estimate of drug-likeness (QED) is 0.735. The molecule has 0 aromatic carbocycles. The van der Waals surface area contributed by atoms with Gasteiger partial charge in [-0.1, -0.05) is 12.8 Å². The molecule has 0 radical (unpaired) electrons. The molecule has 0 aromatic heterocycles. The second kappa shape index (κ2) is 4.97. The number of hydrogen-bond donors (Lipinski definition) is 1. The molecule has 1 saturated carbocycles. The lowest BCUT2D eigenvalue weighted by Crippen LogP contribution is -2.59. The van der Waals surface area contributed by atoms with Gasteiger partial charge in [0, 0.05) is 18.5 Å². The summed E-state index contributed by atoms with van der Waals surface area (Å²) >= 11 is 0. The Morgan fingerprint density at radius 1 is 1.32 bits per heavy atom. The van der Waals surface area contributed by atoms with Crippen molar-refractivity contribution in [2.45, 2.75) is 77.0 Å². The number of rotatable bonds is 0. The lowest BCUT2D eigenvalue weighted by Gasteiger charge is -2.50. The molecule has 4 heteroatoms. The van der Waals surface area contributed by atoms with E-state index in [1.165, 1.54) is 0 Å². The number of nitrogens with zero attached hydrogens (tertiary/aromatic N) is 1. The van der Waals surface area contributed by atoms with Gasteiger partial charge in [-0.15, -0.1) is 0 Å². The van der Waals surface area contributed by atoms with Gasteiger partial charge in [-0.3, -0.25) is 0 Å². The van der Waals surface area contributed by atoms with Crippen LogP contribution in [0.4, 0.5) is 4.79 Å². The van der Waals surface area contributed by atoms with Crippen molar-refractivity contribution in [1.82, 2.24) is 4.90 Å². The summed E-state index contributed by atoms with van der Waals surface area (Å²) in [5.74, 6) is 0.197. The van der Waals surface area contributed by atoms with E-state index in [1.807, 2.05) is 32.6 Å². The third kappa shape index (κ3) is 3.22. The molecule has 1 amide bonds. The number of carbonyl (C=O) groups excluding carboxylic acids is 1. The van der Waals surface area contributed by atoms with Gasteiger partial charge in [0.05, 0.1) is 5.60 Å². The van der Waals surface area contributed by atoms with Crippen LogP contribution in [-0.4, -0.2) is 39.9 Å². The minimum atomic E-state index is -0.635. The molecular weight excluding hydrogens is 242 g/mol. The van der Waals surface area contributed by atoms with Crippen molar-refractivity contribution >= 4 is 6.09 Å². The highest BCUT2D eigenvalue weighted by Gasteiger charge is 2.47. The summed E-state index contributed by atoms with van der Waals surface area (Å²) in [5.41, 5.74) is -1.09. The van der Waals surface area contributed by atoms with Crippen molar-refractivity contribution in [1.29, 1.82) is 0 Å². The molecule has 1 saturated heterocycles. The first kappa shape index (κ1) is 14.6. The Hall–Kier alpha value is -0.770. The number of hydrogen-bond acceptors (Lipinski definition) is 3. The molecule has 110 valence electrons. The fourth-order valence-corrected chi connectivity index (χ4v) is 3.46. The highest BCUT2D eigenvalue weighted by Crippen LogP contribution is 2.41. The van der Waals surface area contributed by atoms with Crippen LogP contribution in [0.15, 0.2) is 0 Å². The van der Waals surface area contributed by atoms with Crippen LogP contribution in [0.5, 0.6) is 0 Å². The van der Waals surface area contributed by atoms with Crippen molar-refractivity contribution in [3.8, 4) is 0 Å². The largest absolute Gasteiger partial charge is 0.444 e. The van der Waals surface area contributed by atoms with Crippen molar-refractivity contribution < 1.29 is 14.6 Å². The Labute approximate surface area is 116 Å². The minimum absolute atomic E-state index is 0.146. The summed E-state index contributed by atoms with van der Waals surface area (Å²) in [6.45, 7) is 8.20. The molecule has 2 rings (SSSR count). The molecule has 1 heterocycles. The van der Waals surface area contributed by atoms with E-state index in [9.17, 15) is 9.90 Å². The molecule has 0 spiro atoms. The van der Waals surface area contributed by atoms with Crippen molar-refractivity contribution in [3.63, 3.8) is 0 Å². The van der Waals surface area contributed by atoms with Gasteiger partial charge >= 0.3 is 6.09 Å². The van der Waals surface area contributed by atoms with Crippen molar-refractivity contribution in [2.24, 2.45) is 5.92 Å². The number of piperidine rings is 1. The number of carbonyl (C=O) groups is 1. The third-order valence-corrected chi connectivity index (χ3v) is 4.42. The maximum absolute atomic E-state index is 12.3. The summed E-state index contributed by atoms with van der Waals surface area (Å²) in [7, 11) is 0. The highest BCUT2D eigenvalue weighted by molar-refractivity contribution is 5.69. The second-order valence-electron chi connectivity index (χ2n) is 7.24. The number of ether oxygens (including phenoxy) is 1. The van der Waals surface area contributed by atoms with Crippen LogP contribution < -0.4 is 0 Å². The molecular formula is C15H27NO3. The number of aliphatic hydroxyl groups is 1. The van der Waals surface area contributed by atoms with Gasteiger partial charge in [0.15, 0.2) is 0 Å². The topological polar surface area (TPSA) is 49.8 Å². The Morgan fingerprint density at radius 3 is 2.58 bits per heavy atom. The molecule has 1 aliphatic carbocycles. The van der Waals surface area contributed by atoms with Crippen LogP contribution >= 0.6 is 0 Å². The summed E-state index contributed by atoms with van der Waals surface area (Å²) in [6, 6.07) is 0.146. The van der Waals surface area contributed by atoms with E-state index in [-0.39, 0.29) is 18.1 Å². The molecule has 3 atom stereocenters. The first-order valence-electron chi connectivity index (χ1n) is 7.43. The first-order chi connectivity index (χ1) is 8.71. The zero-order chi connectivity index (χ0) is 14.3. The van der Waals surface area contributed by atoms with Crippen LogP contribution in [0.3, 0.4) is 0 Å². The molecule has 0 aromatic rings. The molecule has 1 aliphatic heterocycles. The van der Waals surface area contributed by atoms with Crippen molar-refractivity contribution in [2.75, 3.05) is 6.54 Å². The Balaban J connectivity index is 2.12. The van der Waals surface area contributed by atoms with Gasteiger partial charge in [0.1, 0.15) is 5.60 Å². The SMILES string of the molecule is CC(C)(C)OC(=O)N1CCC(C)(O)C2CCCCC21. The molecule has 0 bridgehead atoms. The van der Waals surface area contributed by atoms with Gasteiger partial charge in [-0.2, -0.15) is 0 Å². The van der Waals surface area contributed by atoms with E-state index < -0.39 is 11.2 Å². The molecule has 2 fully saturated rings.